The van der Waals surface area contributed by atoms with Crippen molar-refractivity contribution in [3.05, 3.63) is 42.0 Å². The van der Waals surface area contributed by atoms with Crippen molar-refractivity contribution in [3.63, 3.8) is 0 Å². The number of amides is 2. The molecule has 6 heteroatoms. The van der Waals surface area contributed by atoms with Crippen LogP contribution in [0.4, 0.5) is 13.6 Å². The van der Waals surface area contributed by atoms with Crippen LogP contribution in [-0.4, -0.2) is 29.5 Å². The second-order valence-electron chi connectivity index (χ2n) is 5.88. The number of hydrogen-bond donors (Lipinski definition) is 0. The summed E-state index contributed by atoms with van der Waals surface area (Å²) in [7, 11) is 0. The van der Waals surface area contributed by atoms with Crippen LogP contribution >= 0.6 is 0 Å². The Bertz CT molecular complexity index is 643. The first-order valence-corrected chi connectivity index (χ1v) is 7.43. The van der Waals surface area contributed by atoms with Gasteiger partial charge in [-0.1, -0.05) is 20.4 Å². The first kappa shape index (κ1) is 17.1. The molecule has 124 valence electrons. The second-order valence-corrected chi connectivity index (χ2v) is 5.88. The van der Waals surface area contributed by atoms with E-state index in [9.17, 15) is 18.4 Å². The number of allylic oxidation sites excluding steroid dienone is 1. The van der Waals surface area contributed by atoms with Gasteiger partial charge in [0.2, 0.25) is 5.91 Å². The summed E-state index contributed by atoms with van der Waals surface area (Å²) in [5.74, 6) is -1.68. The van der Waals surface area contributed by atoms with Crippen LogP contribution in [-0.2, 0) is 9.53 Å². The Balaban J connectivity index is 2.01. The molecule has 1 aromatic rings. The lowest BCUT2D eigenvalue weighted by atomic mass is 10.0. The molecule has 1 atom stereocenters. The Morgan fingerprint density at radius 3 is 2.70 bits per heavy atom. The molecule has 0 aromatic heterocycles. The fourth-order valence-corrected chi connectivity index (χ4v) is 2.50. The van der Waals surface area contributed by atoms with Gasteiger partial charge in [0.1, 0.15) is 18.2 Å². The maximum atomic E-state index is 13.7. The number of carbonyl (C=O) groups excluding carboxylic acids is 2. The van der Waals surface area contributed by atoms with Crippen LogP contribution in [0, 0.1) is 17.6 Å². The number of nitrogens with zero attached hydrogens (tertiary/aromatic N) is 1. The summed E-state index contributed by atoms with van der Waals surface area (Å²) in [6, 6.07) is 2.91. The molecule has 0 radical (unpaired) electrons. The minimum absolute atomic E-state index is 0.00791. The van der Waals surface area contributed by atoms with E-state index in [4.69, 9.17) is 4.74 Å². The van der Waals surface area contributed by atoms with E-state index in [0.29, 0.717) is 5.57 Å². The Morgan fingerprint density at radius 2 is 2.09 bits per heavy atom. The fraction of sp³-hybridized carbons (Fsp3) is 0.412. The number of hydrogen-bond acceptors (Lipinski definition) is 3. The maximum Gasteiger partial charge on any atom is 0.416 e. The van der Waals surface area contributed by atoms with Crippen molar-refractivity contribution in [2.75, 3.05) is 6.61 Å². The third-order valence-corrected chi connectivity index (χ3v) is 3.90. The quantitative estimate of drug-likeness (QED) is 0.829. The van der Waals surface area contributed by atoms with E-state index in [2.05, 4.69) is 6.58 Å². The van der Waals surface area contributed by atoms with Gasteiger partial charge in [0.25, 0.3) is 0 Å². The zero-order chi connectivity index (χ0) is 17.1. The van der Waals surface area contributed by atoms with Crippen molar-refractivity contribution in [2.24, 2.45) is 5.92 Å². The molecule has 1 heterocycles. The molecular weight excluding hydrogens is 304 g/mol. The summed E-state index contributed by atoms with van der Waals surface area (Å²) in [5.41, 5.74) is 0.549. The van der Waals surface area contributed by atoms with Gasteiger partial charge in [0.15, 0.2) is 0 Å². The van der Waals surface area contributed by atoms with Crippen LogP contribution in [0.1, 0.15) is 32.3 Å². The molecule has 4 nitrogen and oxygen atoms in total. The molecule has 1 fully saturated rings. The number of ether oxygens (including phenoxy) is 1. The molecule has 0 N–H and O–H groups in total. The molecule has 0 saturated carbocycles. The Labute approximate surface area is 133 Å². The average Bonchev–Trinajstić information content (AvgIpc) is 2.86. The largest absolute Gasteiger partial charge is 0.447 e. The standard InChI is InChI=1S/C17H19F2NO3/c1-10(2)15-9-23-17(22)20(15)16(21)7-4-11(3)13-6-5-12(18)8-14(13)19/h5-6,8,10,15H,3-4,7,9H2,1-2H3/t15-/m1/s1. The number of cyclic esters (lactones) is 1. The summed E-state index contributed by atoms with van der Waals surface area (Å²) < 4.78 is 31.5. The van der Waals surface area contributed by atoms with Gasteiger partial charge in [-0.3, -0.25) is 4.79 Å². The van der Waals surface area contributed by atoms with Crippen molar-refractivity contribution in [2.45, 2.75) is 32.7 Å². The molecule has 0 spiro atoms. The van der Waals surface area contributed by atoms with E-state index >= 15 is 0 Å². The van der Waals surface area contributed by atoms with Gasteiger partial charge >= 0.3 is 6.09 Å². The predicted octanol–water partition coefficient (Wildman–Crippen LogP) is 3.76. The van der Waals surface area contributed by atoms with Crippen LogP contribution in [0.5, 0.6) is 0 Å². The highest BCUT2D eigenvalue weighted by Crippen LogP contribution is 2.25. The molecule has 2 rings (SSSR count). The monoisotopic (exact) mass is 323 g/mol. The van der Waals surface area contributed by atoms with E-state index in [1.54, 1.807) is 0 Å². The SMILES string of the molecule is C=C(CCC(=O)N1C(=O)OC[C@@H]1C(C)C)c1ccc(F)cc1F. The third-order valence-electron chi connectivity index (χ3n) is 3.90. The zero-order valence-corrected chi connectivity index (χ0v) is 13.1. The Hall–Kier alpha value is -2.24. The highest BCUT2D eigenvalue weighted by atomic mass is 19.1. The van der Waals surface area contributed by atoms with Crippen molar-refractivity contribution in [3.8, 4) is 0 Å². The lowest BCUT2D eigenvalue weighted by molar-refractivity contribution is -0.129. The first-order valence-electron chi connectivity index (χ1n) is 7.43. The van der Waals surface area contributed by atoms with Crippen LogP contribution in [0.15, 0.2) is 24.8 Å². The molecule has 1 aromatic carbocycles. The van der Waals surface area contributed by atoms with Gasteiger partial charge in [-0.15, -0.1) is 0 Å². The van der Waals surface area contributed by atoms with E-state index in [-0.39, 0.29) is 42.9 Å². The van der Waals surface area contributed by atoms with Crippen LogP contribution in [0.3, 0.4) is 0 Å². The normalized spacial score (nSPS) is 17.5. The molecule has 23 heavy (non-hydrogen) atoms. The summed E-state index contributed by atoms with van der Waals surface area (Å²) in [6.07, 6.45) is -0.462. The Kier molecular flexibility index (Phi) is 5.13. The van der Waals surface area contributed by atoms with Crippen molar-refractivity contribution >= 4 is 17.6 Å². The molecule has 2 amide bonds. The highest BCUT2D eigenvalue weighted by molar-refractivity contribution is 5.94. The van der Waals surface area contributed by atoms with Gasteiger partial charge in [0.05, 0.1) is 6.04 Å². The second kappa shape index (κ2) is 6.89. The smallest absolute Gasteiger partial charge is 0.416 e. The van der Waals surface area contributed by atoms with Crippen molar-refractivity contribution in [1.29, 1.82) is 0 Å². The van der Waals surface area contributed by atoms with Gasteiger partial charge in [-0.05, 0) is 30.0 Å². The van der Waals surface area contributed by atoms with Crippen molar-refractivity contribution < 1.29 is 23.1 Å². The van der Waals surface area contributed by atoms with E-state index in [1.807, 2.05) is 13.8 Å². The Morgan fingerprint density at radius 1 is 1.39 bits per heavy atom. The number of halogens is 2. The third kappa shape index (κ3) is 3.75. The summed E-state index contributed by atoms with van der Waals surface area (Å²) in [5, 5.41) is 0. The van der Waals surface area contributed by atoms with Gasteiger partial charge in [-0.2, -0.15) is 0 Å². The molecule has 0 unspecified atom stereocenters. The molecular formula is C17H19F2NO3. The molecule has 1 aliphatic rings. The lowest BCUT2D eigenvalue weighted by Crippen LogP contribution is -2.41. The van der Waals surface area contributed by atoms with Gasteiger partial charge in [0, 0.05) is 18.1 Å². The molecule has 1 saturated heterocycles. The zero-order valence-electron chi connectivity index (χ0n) is 13.1. The minimum Gasteiger partial charge on any atom is -0.447 e. The van der Waals surface area contributed by atoms with Gasteiger partial charge in [-0.25, -0.2) is 18.5 Å². The van der Waals surface area contributed by atoms with E-state index in [1.165, 1.54) is 6.07 Å². The minimum atomic E-state index is -0.719. The average molecular weight is 323 g/mol. The fourth-order valence-electron chi connectivity index (χ4n) is 2.50. The number of benzene rings is 1. The van der Waals surface area contributed by atoms with Crippen LogP contribution in [0.25, 0.3) is 5.57 Å². The van der Waals surface area contributed by atoms with E-state index in [0.717, 1.165) is 17.0 Å². The number of imide groups is 1. The van der Waals surface area contributed by atoms with Crippen LogP contribution in [0.2, 0.25) is 0 Å². The van der Waals surface area contributed by atoms with Gasteiger partial charge < -0.3 is 4.74 Å². The highest BCUT2D eigenvalue weighted by Gasteiger charge is 2.39. The first-order chi connectivity index (χ1) is 10.8. The summed E-state index contributed by atoms with van der Waals surface area (Å²) in [6.45, 7) is 7.73. The van der Waals surface area contributed by atoms with E-state index < -0.39 is 17.7 Å². The number of carbonyl (C=O) groups is 2. The topological polar surface area (TPSA) is 46.6 Å². The summed E-state index contributed by atoms with van der Waals surface area (Å²) >= 11 is 0. The maximum absolute atomic E-state index is 13.7. The molecule has 0 bridgehead atoms. The molecule has 0 aliphatic carbocycles. The van der Waals surface area contributed by atoms with Crippen LogP contribution < -0.4 is 0 Å². The predicted molar refractivity (Wildman–Crippen MR) is 81.4 cm³/mol. The number of rotatable bonds is 5. The lowest BCUT2D eigenvalue weighted by Gasteiger charge is -2.22. The van der Waals surface area contributed by atoms with Crippen molar-refractivity contribution in [1.82, 2.24) is 4.90 Å². The molecule has 1 aliphatic heterocycles. The summed E-state index contributed by atoms with van der Waals surface area (Å²) in [4.78, 5) is 25.1.